The zero-order valence-corrected chi connectivity index (χ0v) is 13.8. The fourth-order valence-corrected chi connectivity index (χ4v) is 2.54. The Hall–Kier alpha value is -1.30. The van der Waals surface area contributed by atoms with Gasteiger partial charge >= 0.3 is 12.1 Å². The number of carbonyl (C=O) groups excluding carboxylic acids is 1. The summed E-state index contributed by atoms with van der Waals surface area (Å²) in [6, 6.07) is 0. The molecule has 0 radical (unpaired) electrons. The van der Waals surface area contributed by atoms with Crippen LogP contribution in [0.4, 0.5) is 4.79 Å². The van der Waals surface area contributed by atoms with E-state index in [0.29, 0.717) is 44.2 Å². The lowest BCUT2D eigenvalue weighted by atomic mass is 9.82. The van der Waals surface area contributed by atoms with Crippen LogP contribution < -0.4 is 5.32 Å². The second kappa shape index (κ2) is 9.66. The Bertz CT molecular complexity index is 350. The summed E-state index contributed by atoms with van der Waals surface area (Å²) < 4.78 is 10.7. The lowest BCUT2D eigenvalue weighted by Crippen LogP contribution is -2.35. The SMILES string of the molecule is CCC(OCC(C)C)OC(=O)NCC1CCC(C(=O)O)CC1. The summed E-state index contributed by atoms with van der Waals surface area (Å²) >= 11 is 0. The standard InChI is InChI=1S/C16H29NO5/c1-4-14(21-10-11(2)3)22-16(20)17-9-12-5-7-13(8-6-12)15(18)19/h11-14H,4-10H2,1-3H3,(H,17,20)(H,18,19). The zero-order chi connectivity index (χ0) is 16.5. The topological polar surface area (TPSA) is 84.9 Å². The molecule has 6 heteroatoms. The van der Waals surface area contributed by atoms with Crippen LogP contribution in [0.25, 0.3) is 0 Å². The van der Waals surface area contributed by atoms with Crippen LogP contribution in [0.2, 0.25) is 0 Å². The molecule has 1 aliphatic carbocycles. The number of amides is 1. The minimum atomic E-state index is -0.709. The van der Waals surface area contributed by atoms with Gasteiger partial charge in [0.2, 0.25) is 6.29 Å². The maximum Gasteiger partial charge on any atom is 0.409 e. The molecule has 1 atom stereocenters. The third-order valence-electron chi connectivity index (χ3n) is 3.92. The normalized spacial score (nSPS) is 23.1. The zero-order valence-electron chi connectivity index (χ0n) is 13.8. The minimum absolute atomic E-state index is 0.225. The van der Waals surface area contributed by atoms with Gasteiger partial charge in [0.05, 0.1) is 12.5 Å². The van der Waals surface area contributed by atoms with Gasteiger partial charge < -0.3 is 19.9 Å². The van der Waals surface area contributed by atoms with E-state index in [2.05, 4.69) is 5.32 Å². The van der Waals surface area contributed by atoms with Gasteiger partial charge in [0.1, 0.15) is 0 Å². The minimum Gasteiger partial charge on any atom is -0.481 e. The molecular weight excluding hydrogens is 286 g/mol. The van der Waals surface area contributed by atoms with Crippen LogP contribution in [0, 0.1) is 17.8 Å². The number of alkyl carbamates (subject to hydrolysis) is 1. The molecule has 1 unspecified atom stereocenters. The van der Waals surface area contributed by atoms with E-state index < -0.39 is 18.4 Å². The molecular formula is C16H29NO5. The van der Waals surface area contributed by atoms with Crippen molar-refractivity contribution >= 4 is 12.1 Å². The molecule has 0 aromatic carbocycles. The summed E-state index contributed by atoms with van der Waals surface area (Å²) in [5, 5.41) is 11.7. The van der Waals surface area contributed by atoms with Gasteiger partial charge in [0, 0.05) is 13.0 Å². The Kier molecular flexibility index (Phi) is 8.24. The smallest absolute Gasteiger partial charge is 0.409 e. The third kappa shape index (κ3) is 7.11. The second-order valence-corrected chi connectivity index (χ2v) is 6.41. The van der Waals surface area contributed by atoms with Crippen LogP contribution in [0.15, 0.2) is 0 Å². The van der Waals surface area contributed by atoms with Crippen LogP contribution in [0.5, 0.6) is 0 Å². The highest BCUT2D eigenvalue weighted by Crippen LogP contribution is 2.28. The van der Waals surface area contributed by atoms with E-state index >= 15 is 0 Å². The third-order valence-corrected chi connectivity index (χ3v) is 3.92. The lowest BCUT2D eigenvalue weighted by molar-refractivity contribution is -0.143. The number of ether oxygens (including phenoxy) is 2. The van der Waals surface area contributed by atoms with Crippen LogP contribution in [0.3, 0.4) is 0 Å². The number of carbonyl (C=O) groups is 2. The van der Waals surface area contributed by atoms with Crippen molar-refractivity contribution in [1.29, 1.82) is 0 Å². The van der Waals surface area contributed by atoms with Crippen LogP contribution in [-0.4, -0.2) is 36.6 Å². The number of carboxylic acid groups (broad SMARTS) is 1. The summed E-state index contributed by atoms with van der Waals surface area (Å²) in [6.45, 7) is 7.09. The first-order chi connectivity index (χ1) is 10.4. The first-order valence-electron chi connectivity index (χ1n) is 8.21. The summed E-state index contributed by atoms with van der Waals surface area (Å²) in [4.78, 5) is 22.7. The van der Waals surface area contributed by atoms with E-state index in [9.17, 15) is 9.59 Å². The summed E-state index contributed by atoms with van der Waals surface area (Å²) in [7, 11) is 0. The number of hydrogen-bond donors (Lipinski definition) is 2. The predicted octanol–water partition coefficient (Wildman–Crippen LogP) is 3.01. The summed E-state index contributed by atoms with van der Waals surface area (Å²) in [6.07, 6.45) is 2.68. The number of hydrogen-bond acceptors (Lipinski definition) is 4. The molecule has 0 aromatic rings. The van der Waals surface area contributed by atoms with Crippen LogP contribution >= 0.6 is 0 Å². The van der Waals surface area contributed by atoms with Crippen molar-refractivity contribution in [2.45, 2.75) is 59.2 Å². The molecule has 0 bridgehead atoms. The Morgan fingerprint density at radius 3 is 2.36 bits per heavy atom. The van der Waals surface area contributed by atoms with Gasteiger partial charge in [-0.15, -0.1) is 0 Å². The highest BCUT2D eigenvalue weighted by atomic mass is 16.7. The second-order valence-electron chi connectivity index (χ2n) is 6.41. The van der Waals surface area contributed by atoms with E-state index in [4.69, 9.17) is 14.6 Å². The molecule has 1 rings (SSSR count). The van der Waals surface area contributed by atoms with E-state index in [1.807, 2.05) is 20.8 Å². The van der Waals surface area contributed by atoms with Crippen molar-refractivity contribution in [3.63, 3.8) is 0 Å². The molecule has 1 aliphatic rings. The Balaban J connectivity index is 2.21. The monoisotopic (exact) mass is 315 g/mol. The molecule has 1 amide bonds. The molecule has 1 fully saturated rings. The maximum atomic E-state index is 11.8. The Morgan fingerprint density at radius 1 is 1.23 bits per heavy atom. The highest BCUT2D eigenvalue weighted by Gasteiger charge is 2.26. The molecule has 1 saturated carbocycles. The number of aliphatic carboxylic acids is 1. The quantitative estimate of drug-likeness (QED) is 0.673. The van der Waals surface area contributed by atoms with Gasteiger partial charge in [-0.25, -0.2) is 4.79 Å². The number of nitrogens with one attached hydrogen (secondary N) is 1. The number of rotatable bonds is 8. The van der Waals surface area contributed by atoms with Gasteiger partial charge in [0.25, 0.3) is 0 Å². The molecule has 128 valence electrons. The Labute approximate surface area is 132 Å². The van der Waals surface area contributed by atoms with E-state index in [0.717, 1.165) is 12.8 Å². The number of carboxylic acids is 1. The van der Waals surface area contributed by atoms with E-state index in [1.54, 1.807) is 0 Å². The largest absolute Gasteiger partial charge is 0.481 e. The molecule has 0 aromatic heterocycles. The first-order valence-corrected chi connectivity index (χ1v) is 8.21. The van der Waals surface area contributed by atoms with Crippen LogP contribution in [-0.2, 0) is 14.3 Å². The first kappa shape index (κ1) is 18.7. The molecule has 0 heterocycles. The lowest BCUT2D eigenvalue weighted by Gasteiger charge is -2.26. The van der Waals surface area contributed by atoms with Crippen molar-refractivity contribution in [2.24, 2.45) is 17.8 Å². The molecule has 6 nitrogen and oxygen atoms in total. The van der Waals surface area contributed by atoms with Gasteiger partial charge in [0.15, 0.2) is 0 Å². The van der Waals surface area contributed by atoms with Crippen molar-refractivity contribution < 1.29 is 24.2 Å². The molecule has 2 N–H and O–H groups in total. The van der Waals surface area contributed by atoms with Crippen molar-refractivity contribution in [3.05, 3.63) is 0 Å². The molecule has 0 spiro atoms. The van der Waals surface area contributed by atoms with Gasteiger partial charge in [-0.3, -0.25) is 4.79 Å². The van der Waals surface area contributed by atoms with E-state index in [1.165, 1.54) is 0 Å². The van der Waals surface area contributed by atoms with Crippen molar-refractivity contribution in [3.8, 4) is 0 Å². The summed E-state index contributed by atoms with van der Waals surface area (Å²) in [5.74, 6) is -0.207. The van der Waals surface area contributed by atoms with Crippen LogP contribution in [0.1, 0.15) is 52.9 Å². The maximum absolute atomic E-state index is 11.8. The fraction of sp³-hybridized carbons (Fsp3) is 0.875. The average molecular weight is 315 g/mol. The van der Waals surface area contributed by atoms with Gasteiger partial charge in [-0.05, 0) is 37.5 Å². The highest BCUT2D eigenvalue weighted by molar-refractivity contribution is 5.70. The molecule has 0 aliphatic heterocycles. The Morgan fingerprint density at radius 2 is 1.86 bits per heavy atom. The molecule has 0 saturated heterocycles. The average Bonchev–Trinajstić information content (AvgIpc) is 2.49. The van der Waals surface area contributed by atoms with Crippen molar-refractivity contribution in [2.75, 3.05) is 13.2 Å². The van der Waals surface area contributed by atoms with Gasteiger partial charge in [-0.2, -0.15) is 0 Å². The van der Waals surface area contributed by atoms with Crippen molar-refractivity contribution in [1.82, 2.24) is 5.32 Å². The fourth-order valence-electron chi connectivity index (χ4n) is 2.54. The summed E-state index contributed by atoms with van der Waals surface area (Å²) in [5.41, 5.74) is 0. The van der Waals surface area contributed by atoms with Gasteiger partial charge in [-0.1, -0.05) is 20.8 Å². The molecule has 22 heavy (non-hydrogen) atoms. The van der Waals surface area contributed by atoms with E-state index in [-0.39, 0.29) is 5.92 Å². The predicted molar refractivity (Wildman–Crippen MR) is 82.4 cm³/mol.